The van der Waals surface area contributed by atoms with Crippen molar-refractivity contribution < 1.29 is 27.4 Å². The molecular formula is C19H18F3NO3S. The third-order valence-corrected chi connectivity index (χ3v) is 5.55. The molecule has 0 aromatic heterocycles. The highest BCUT2D eigenvalue weighted by atomic mass is 32.2. The summed E-state index contributed by atoms with van der Waals surface area (Å²) >= 11 is 1.57. The van der Waals surface area contributed by atoms with Gasteiger partial charge in [-0.3, -0.25) is 4.79 Å². The van der Waals surface area contributed by atoms with Crippen LogP contribution in [0.25, 0.3) is 0 Å². The molecule has 0 radical (unpaired) electrons. The number of rotatable bonds is 4. The molecule has 1 aliphatic rings. The van der Waals surface area contributed by atoms with E-state index in [1.165, 1.54) is 26.4 Å². The molecule has 1 heterocycles. The van der Waals surface area contributed by atoms with Crippen LogP contribution in [0.1, 0.15) is 26.9 Å². The highest BCUT2D eigenvalue weighted by Gasteiger charge is 2.35. The summed E-state index contributed by atoms with van der Waals surface area (Å²) in [6.45, 7) is 0.496. The van der Waals surface area contributed by atoms with Gasteiger partial charge in [-0.25, -0.2) is 0 Å². The van der Waals surface area contributed by atoms with Gasteiger partial charge < -0.3 is 14.4 Å². The molecule has 3 rings (SSSR count). The number of ether oxygens (including phenoxy) is 2. The van der Waals surface area contributed by atoms with Crippen LogP contribution in [0.3, 0.4) is 0 Å². The van der Waals surface area contributed by atoms with E-state index in [4.69, 9.17) is 9.47 Å². The molecule has 0 aliphatic carbocycles. The van der Waals surface area contributed by atoms with Crippen LogP contribution >= 0.6 is 11.8 Å². The molecule has 1 amide bonds. The van der Waals surface area contributed by atoms with Gasteiger partial charge >= 0.3 is 6.18 Å². The second-order valence-electron chi connectivity index (χ2n) is 5.88. The highest BCUT2D eigenvalue weighted by molar-refractivity contribution is 7.99. The van der Waals surface area contributed by atoms with Gasteiger partial charge in [-0.05, 0) is 30.3 Å². The summed E-state index contributed by atoms with van der Waals surface area (Å²) in [6, 6.07) is 9.73. The van der Waals surface area contributed by atoms with Gasteiger partial charge in [0.2, 0.25) is 0 Å². The number of amides is 1. The SMILES string of the molecule is COc1cccc(C2SCCN2C(=O)c2ccc(C(F)(F)F)cc2)c1OC. The molecule has 144 valence electrons. The van der Waals surface area contributed by atoms with Crippen molar-refractivity contribution in [1.29, 1.82) is 0 Å². The fourth-order valence-electron chi connectivity index (χ4n) is 3.01. The summed E-state index contributed by atoms with van der Waals surface area (Å²) in [4.78, 5) is 14.5. The number of carbonyl (C=O) groups is 1. The number of para-hydroxylation sites is 1. The number of halogens is 3. The molecule has 8 heteroatoms. The predicted octanol–water partition coefficient (Wildman–Crippen LogP) is 4.61. The molecule has 0 spiro atoms. The van der Waals surface area contributed by atoms with Crippen LogP contribution in [0.4, 0.5) is 13.2 Å². The first-order chi connectivity index (χ1) is 12.9. The number of methoxy groups -OCH3 is 2. The van der Waals surface area contributed by atoms with Gasteiger partial charge in [0, 0.05) is 23.4 Å². The van der Waals surface area contributed by atoms with Gasteiger partial charge in [-0.15, -0.1) is 11.8 Å². The number of hydrogen-bond donors (Lipinski definition) is 0. The second-order valence-corrected chi connectivity index (χ2v) is 7.07. The van der Waals surface area contributed by atoms with Crippen molar-refractivity contribution in [3.05, 3.63) is 59.2 Å². The third-order valence-electron chi connectivity index (χ3n) is 4.31. The Balaban J connectivity index is 1.90. The van der Waals surface area contributed by atoms with Crippen LogP contribution in [0.15, 0.2) is 42.5 Å². The van der Waals surface area contributed by atoms with Gasteiger partial charge in [0.1, 0.15) is 5.37 Å². The van der Waals surface area contributed by atoms with E-state index >= 15 is 0 Å². The lowest BCUT2D eigenvalue weighted by molar-refractivity contribution is -0.137. The molecule has 2 aromatic rings. The number of carbonyl (C=O) groups excluding carboxylic acids is 1. The zero-order chi connectivity index (χ0) is 19.6. The van der Waals surface area contributed by atoms with Gasteiger partial charge in [0.05, 0.1) is 19.8 Å². The minimum atomic E-state index is -4.43. The zero-order valence-corrected chi connectivity index (χ0v) is 15.6. The molecule has 1 fully saturated rings. The average Bonchev–Trinajstić information content (AvgIpc) is 3.15. The maximum atomic E-state index is 12.9. The molecule has 1 atom stereocenters. The molecule has 1 saturated heterocycles. The molecular weight excluding hydrogens is 379 g/mol. The topological polar surface area (TPSA) is 38.8 Å². The fraction of sp³-hybridized carbons (Fsp3) is 0.316. The lowest BCUT2D eigenvalue weighted by atomic mass is 10.1. The van der Waals surface area contributed by atoms with E-state index in [0.717, 1.165) is 23.4 Å². The van der Waals surface area contributed by atoms with Crippen molar-refractivity contribution in [3.63, 3.8) is 0 Å². The van der Waals surface area contributed by atoms with Crippen LogP contribution in [0.5, 0.6) is 11.5 Å². The Bertz CT molecular complexity index is 824. The fourth-order valence-corrected chi connectivity index (χ4v) is 4.28. The van der Waals surface area contributed by atoms with Crippen molar-refractivity contribution >= 4 is 17.7 Å². The Labute approximate surface area is 159 Å². The molecule has 1 unspecified atom stereocenters. The zero-order valence-electron chi connectivity index (χ0n) is 14.7. The number of thioether (sulfide) groups is 1. The first-order valence-electron chi connectivity index (χ1n) is 8.17. The van der Waals surface area contributed by atoms with E-state index in [0.29, 0.717) is 18.0 Å². The summed E-state index contributed by atoms with van der Waals surface area (Å²) in [5.41, 5.74) is 0.234. The number of hydrogen-bond acceptors (Lipinski definition) is 4. The van der Waals surface area contributed by atoms with Gasteiger partial charge in [0.25, 0.3) is 5.91 Å². The van der Waals surface area contributed by atoms with Crippen LogP contribution < -0.4 is 9.47 Å². The van der Waals surface area contributed by atoms with Crippen molar-refractivity contribution in [2.45, 2.75) is 11.6 Å². The third kappa shape index (κ3) is 3.85. The lowest BCUT2D eigenvalue weighted by Gasteiger charge is -2.26. The second kappa shape index (κ2) is 7.72. The standard InChI is InChI=1S/C19H18F3NO3S/c1-25-15-5-3-4-14(16(15)26-2)18-23(10-11-27-18)17(24)12-6-8-13(9-7-12)19(20,21)22/h3-9,18H,10-11H2,1-2H3. The molecule has 0 N–H and O–H groups in total. The van der Waals surface area contributed by atoms with E-state index in [1.807, 2.05) is 12.1 Å². The van der Waals surface area contributed by atoms with E-state index < -0.39 is 11.7 Å². The molecule has 1 aliphatic heterocycles. The predicted molar refractivity (Wildman–Crippen MR) is 97.2 cm³/mol. The Morgan fingerprint density at radius 1 is 1.11 bits per heavy atom. The minimum Gasteiger partial charge on any atom is -0.493 e. The Morgan fingerprint density at radius 3 is 2.41 bits per heavy atom. The van der Waals surface area contributed by atoms with E-state index in [-0.39, 0.29) is 16.8 Å². The maximum absolute atomic E-state index is 12.9. The van der Waals surface area contributed by atoms with Crippen LogP contribution in [0.2, 0.25) is 0 Å². The largest absolute Gasteiger partial charge is 0.493 e. The quantitative estimate of drug-likeness (QED) is 0.755. The van der Waals surface area contributed by atoms with Crippen molar-refractivity contribution in [1.82, 2.24) is 4.90 Å². The van der Waals surface area contributed by atoms with E-state index in [1.54, 1.807) is 22.7 Å². The lowest BCUT2D eigenvalue weighted by Crippen LogP contribution is -2.30. The number of benzene rings is 2. The first-order valence-corrected chi connectivity index (χ1v) is 9.22. The monoisotopic (exact) mass is 397 g/mol. The van der Waals surface area contributed by atoms with Gasteiger partial charge in [0.15, 0.2) is 11.5 Å². The van der Waals surface area contributed by atoms with Crippen LogP contribution in [0, 0.1) is 0 Å². The molecule has 27 heavy (non-hydrogen) atoms. The Hall–Kier alpha value is -2.35. The Kier molecular flexibility index (Phi) is 5.55. The average molecular weight is 397 g/mol. The summed E-state index contributed by atoms with van der Waals surface area (Å²) < 4.78 is 49.0. The van der Waals surface area contributed by atoms with Gasteiger partial charge in [-0.1, -0.05) is 12.1 Å². The normalized spacial score (nSPS) is 17.1. The molecule has 4 nitrogen and oxygen atoms in total. The first kappa shape index (κ1) is 19.4. The van der Waals surface area contributed by atoms with Crippen molar-refractivity contribution in [3.8, 4) is 11.5 Å². The van der Waals surface area contributed by atoms with Crippen molar-refractivity contribution in [2.24, 2.45) is 0 Å². The molecule has 0 bridgehead atoms. The summed E-state index contributed by atoms with van der Waals surface area (Å²) in [5.74, 6) is 1.51. The van der Waals surface area contributed by atoms with Crippen LogP contribution in [-0.2, 0) is 6.18 Å². The summed E-state index contributed by atoms with van der Waals surface area (Å²) in [6.07, 6.45) is -4.43. The highest BCUT2D eigenvalue weighted by Crippen LogP contribution is 2.45. The minimum absolute atomic E-state index is 0.220. The van der Waals surface area contributed by atoms with Gasteiger partial charge in [-0.2, -0.15) is 13.2 Å². The molecule has 0 saturated carbocycles. The van der Waals surface area contributed by atoms with E-state index in [9.17, 15) is 18.0 Å². The van der Waals surface area contributed by atoms with E-state index in [2.05, 4.69) is 0 Å². The molecule has 2 aromatic carbocycles. The summed E-state index contributed by atoms with van der Waals surface area (Å²) in [7, 11) is 3.07. The maximum Gasteiger partial charge on any atom is 0.416 e. The number of alkyl halides is 3. The smallest absolute Gasteiger partial charge is 0.416 e. The Morgan fingerprint density at radius 2 is 1.81 bits per heavy atom. The summed E-state index contributed by atoms with van der Waals surface area (Å²) in [5, 5.41) is -0.301. The van der Waals surface area contributed by atoms with Crippen LogP contribution in [-0.4, -0.2) is 37.3 Å². The van der Waals surface area contributed by atoms with Crippen molar-refractivity contribution in [2.75, 3.05) is 26.5 Å². The number of nitrogens with zero attached hydrogens (tertiary/aromatic N) is 1.